The molecule has 152 valence electrons. The van der Waals surface area contributed by atoms with E-state index in [1.54, 1.807) is 0 Å². The van der Waals surface area contributed by atoms with Crippen LogP contribution in [-0.2, 0) is 24.5 Å². The van der Waals surface area contributed by atoms with Gasteiger partial charge in [-0.2, -0.15) is 8.42 Å². The van der Waals surface area contributed by atoms with Crippen LogP contribution in [0.5, 0.6) is 11.8 Å². The fourth-order valence-corrected chi connectivity index (χ4v) is 4.20. The molecule has 10 nitrogen and oxygen atoms in total. The van der Waals surface area contributed by atoms with Crippen molar-refractivity contribution < 1.29 is 42.4 Å². The van der Waals surface area contributed by atoms with Gasteiger partial charge < -0.3 is 15.1 Å². The SMILES string of the molecule is O=C(On1c(O)cc(S(=O)(=O)O)c1O)C1CCC(CC2C(=O)C=CC2=O)CC1. The maximum absolute atomic E-state index is 12.3. The van der Waals surface area contributed by atoms with Gasteiger partial charge in [0.1, 0.15) is 0 Å². The lowest BCUT2D eigenvalue weighted by atomic mass is 9.77. The molecule has 28 heavy (non-hydrogen) atoms. The van der Waals surface area contributed by atoms with Crippen molar-refractivity contribution in [3.05, 3.63) is 18.2 Å². The molecule has 0 bridgehead atoms. The molecule has 0 amide bonds. The third kappa shape index (κ3) is 3.94. The predicted molar refractivity (Wildman–Crippen MR) is 91.9 cm³/mol. The quantitative estimate of drug-likeness (QED) is 0.464. The van der Waals surface area contributed by atoms with Crippen LogP contribution < -0.4 is 4.84 Å². The average molecular weight is 413 g/mol. The zero-order valence-corrected chi connectivity index (χ0v) is 15.5. The summed E-state index contributed by atoms with van der Waals surface area (Å²) in [7, 11) is -4.81. The second-order valence-corrected chi connectivity index (χ2v) is 8.40. The van der Waals surface area contributed by atoms with Crippen molar-refractivity contribution in [3.8, 4) is 11.8 Å². The number of nitrogens with zero attached hydrogens (tertiary/aromatic N) is 1. The van der Waals surface area contributed by atoms with Crippen LogP contribution in [0.2, 0.25) is 0 Å². The minimum atomic E-state index is -4.81. The lowest BCUT2D eigenvalue weighted by Gasteiger charge is -2.28. The van der Waals surface area contributed by atoms with Gasteiger partial charge in [-0.25, -0.2) is 4.79 Å². The Kier molecular flexibility index (Phi) is 5.31. The maximum atomic E-state index is 12.3. The molecule has 11 heteroatoms. The number of rotatable bonds is 5. The van der Waals surface area contributed by atoms with E-state index < -0.39 is 44.6 Å². The number of aromatic hydroxyl groups is 2. The molecule has 3 rings (SSSR count). The van der Waals surface area contributed by atoms with E-state index in [0.717, 1.165) is 0 Å². The Morgan fingerprint density at radius 3 is 2.18 bits per heavy atom. The number of hydrogen-bond acceptors (Lipinski definition) is 8. The molecular weight excluding hydrogens is 394 g/mol. The highest BCUT2D eigenvalue weighted by Crippen LogP contribution is 2.35. The largest absolute Gasteiger partial charge is 0.492 e. The monoisotopic (exact) mass is 413 g/mol. The van der Waals surface area contributed by atoms with Gasteiger partial charge in [-0.05, 0) is 50.2 Å². The number of allylic oxidation sites excluding steroid dienone is 2. The summed E-state index contributed by atoms with van der Waals surface area (Å²) in [6, 6.07) is 0.554. The Labute approximate surface area is 160 Å². The van der Waals surface area contributed by atoms with Crippen LogP contribution in [0.4, 0.5) is 0 Å². The minimum Gasteiger partial charge on any atom is -0.492 e. The van der Waals surface area contributed by atoms with Gasteiger partial charge in [0.15, 0.2) is 16.5 Å². The Hall–Kier alpha value is -2.66. The Morgan fingerprint density at radius 1 is 1.11 bits per heavy atom. The molecule has 0 atom stereocenters. The van der Waals surface area contributed by atoms with Crippen molar-refractivity contribution in [3.63, 3.8) is 0 Å². The van der Waals surface area contributed by atoms with Crippen molar-refractivity contribution in [1.82, 2.24) is 4.73 Å². The van der Waals surface area contributed by atoms with E-state index in [-0.39, 0.29) is 22.2 Å². The van der Waals surface area contributed by atoms with Crippen molar-refractivity contribution >= 4 is 27.7 Å². The van der Waals surface area contributed by atoms with Crippen LogP contribution in [0.3, 0.4) is 0 Å². The Bertz CT molecular complexity index is 934. The third-order valence-electron chi connectivity index (χ3n) is 5.19. The Morgan fingerprint density at radius 2 is 1.68 bits per heavy atom. The van der Waals surface area contributed by atoms with Crippen LogP contribution in [0.25, 0.3) is 0 Å². The second kappa shape index (κ2) is 7.40. The fourth-order valence-electron chi connectivity index (χ4n) is 3.63. The molecule has 0 radical (unpaired) electrons. The van der Waals surface area contributed by atoms with Crippen LogP contribution in [0.15, 0.2) is 23.1 Å². The molecule has 1 heterocycles. The molecule has 3 N–H and O–H groups in total. The van der Waals surface area contributed by atoms with Crippen LogP contribution in [-0.4, -0.2) is 45.4 Å². The third-order valence-corrected chi connectivity index (χ3v) is 6.04. The number of carbonyl (C=O) groups is 3. The molecule has 0 aromatic carbocycles. The first-order valence-corrected chi connectivity index (χ1v) is 10.1. The van der Waals surface area contributed by atoms with E-state index in [9.17, 15) is 33.0 Å². The van der Waals surface area contributed by atoms with Gasteiger partial charge in [-0.1, -0.05) is 0 Å². The molecule has 0 aliphatic heterocycles. The summed E-state index contributed by atoms with van der Waals surface area (Å²) in [4.78, 5) is 39.5. The summed E-state index contributed by atoms with van der Waals surface area (Å²) in [5.74, 6) is -4.23. The molecule has 1 aromatic heterocycles. The summed E-state index contributed by atoms with van der Waals surface area (Å²) in [5, 5.41) is 19.4. The first-order chi connectivity index (χ1) is 13.1. The Balaban J connectivity index is 1.58. The highest BCUT2D eigenvalue weighted by molar-refractivity contribution is 7.86. The van der Waals surface area contributed by atoms with Gasteiger partial charge in [0.25, 0.3) is 16.0 Å². The zero-order chi connectivity index (χ0) is 20.6. The smallest absolute Gasteiger partial charge is 0.336 e. The lowest BCUT2D eigenvalue weighted by molar-refractivity contribution is -0.152. The van der Waals surface area contributed by atoms with Crippen molar-refractivity contribution in [2.45, 2.75) is 37.0 Å². The number of ketones is 2. The minimum absolute atomic E-state index is 0.112. The number of aromatic nitrogens is 1. The van der Waals surface area contributed by atoms with Gasteiger partial charge in [0.05, 0.1) is 11.8 Å². The summed E-state index contributed by atoms with van der Waals surface area (Å²) in [6.07, 6.45) is 5.02. The zero-order valence-electron chi connectivity index (χ0n) is 14.6. The molecule has 2 aliphatic rings. The summed E-state index contributed by atoms with van der Waals surface area (Å²) < 4.78 is 31.4. The molecule has 0 unspecified atom stereocenters. The number of carbonyl (C=O) groups excluding carboxylic acids is 3. The highest BCUT2D eigenvalue weighted by Gasteiger charge is 2.35. The van der Waals surface area contributed by atoms with Crippen LogP contribution in [0, 0.1) is 17.8 Å². The first-order valence-electron chi connectivity index (χ1n) is 8.67. The van der Waals surface area contributed by atoms with Gasteiger partial charge in [-0.15, -0.1) is 4.73 Å². The lowest BCUT2D eigenvalue weighted by Crippen LogP contribution is -2.31. The average Bonchev–Trinajstić information content (AvgIpc) is 3.09. The van der Waals surface area contributed by atoms with E-state index in [2.05, 4.69) is 0 Å². The predicted octanol–water partition coefficient (Wildman–Crippen LogP) is 0.622. The van der Waals surface area contributed by atoms with Crippen LogP contribution in [0.1, 0.15) is 32.1 Å². The van der Waals surface area contributed by atoms with E-state index in [4.69, 9.17) is 9.39 Å². The molecule has 0 spiro atoms. The van der Waals surface area contributed by atoms with Gasteiger partial charge in [-0.3, -0.25) is 14.1 Å². The fraction of sp³-hybridized carbons (Fsp3) is 0.471. The number of hydrogen-bond donors (Lipinski definition) is 3. The summed E-state index contributed by atoms with van der Waals surface area (Å²) in [6.45, 7) is 0. The molecule has 1 aromatic rings. The van der Waals surface area contributed by atoms with Gasteiger partial charge in [0.2, 0.25) is 5.88 Å². The summed E-state index contributed by atoms with van der Waals surface area (Å²) >= 11 is 0. The normalized spacial score (nSPS) is 23.3. The van der Waals surface area contributed by atoms with E-state index in [0.29, 0.717) is 38.2 Å². The van der Waals surface area contributed by atoms with Crippen LogP contribution >= 0.6 is 0 Å². The molecule has 1 fully saturated rings. The van der Waals surface area contributed by atoms with E-state index in [1.165, 1.54) is 12.2 Å². The molecule has 2 aliphatic carbocycles. The second-order valence-electron chi connectivity index (χ2n) is 7.01. The van der Waals surface area contributed by atoms with E-state index >= 15 is 0 Å². The first kappa shape index (κ1) is 20.1. The topological polar surface area (TPSA) is 160 Å². The maximum Gasteiger partial charge on any atom is 0.336 e. The van der Waals surface area contributed by atoms with Gasteiger partial charge in [0, 0.05) is 6.07 Å². The highest BCUT2D eigenvalue weighted by atomic mass is 32.2. The van der Waals surface area contributed by atoms with Crippen molar-refractivity contribution in [1.29, 1.82) is 0 Å². The summed E-state index contributed by atoms with van der Waals surface area (Å²) in [5.41, 5.74) is 0. The van der Waals surface area contributed by atoms with Crippen molar-refractivity contribution in [2.75, 3.05) is 0 Å². The van der Waals surface area contributed by atoms with Gasteiger partial charge >= 0.3 is 5.97 Å². The molecule has 1 saturated carbocycles. The standard InChI is InChI=1S/C17H19NO9S/c19-12-5-6-13(20)11(12)7-9-1-3-10(4-2-9)17(23)27-18-15(21)8-14(16(18)22)28(24,25)26/h5-6,8-11,21-22H,1-4,7H2,(H,24,25,26). The molecule has 0 saturated heterocycles. The van der Waals surface area contributed by atoms with Crippen molar-refractivity contribution in [2.24, 2.45) is 17.8 Å². The molecular formula is C17H19NO9S. The van der Waals surface area contributed by atoms with E-state index in [1.807, 2.05) is 0 Å².